The molecule has 156 valence electrons. The summed E-state index contributed by atoms with van der Waals surface area (Å²) < 4.78 is 64.7. The summed E-state index contributed by atoms with van der Waals surface area (Å²) in [7, 11) is -3.62. The highest BCUT2D eigenvalue weighted by atomic mass is 32.2. The Morgan fingerprint density at radius 3 is 2.41 bits per heavy atom. The van der Waals surface area contributed by atoms with E-state index in [-0.39, 0.29) is 10.5 Å². The van der Waals surface area contributed by atoms with Crippen LogP contribution in [0.4, 0.5) is 18.9 Å². The van der Waals surface area contributed by atoms with Crippen LogP contribution >= 0.6 is 0 Å². The Labute approximate surface area is 167 Å². The van der Waals surface area contributed by atoms with Crippen LogP contribution in [0.2, 0.25) is 0 Å². The van der Waals surface area contributed by atoms with Crippen LogP contribution in [-0.4, -0.2) is 43.2 Å². The van der Waals surface area contributed by atoms with Gasteiger partial charge in [-0.05, 0) is 42.3 Å². The van der Waals surface area contributed by atoms with Crippen LogP contribution in [0.1, 0.15) is 35.5 Å². The van der Waals surface area contributed by atoms with Crippen molar-refractivity contribution in [1.82, 2.24) is 9.29 Å². The van der Waals surface area contributed by atoms with Gasteiger partial charge in [0, 0.05) is 31.5 Å². The van der Waals surface area contributed by atoms with E-state index in [1.165, 1.54) is 15.3 Å². The van der Waals surface area contributed by atoms with E-state index in [9.17, 15) is 26.4 Å². The first-order valence-electron chi connectivity index (χ1n) is 9.07. The molecule has 2 aromatic rings. The van der Waals surface area contributed by atoms with Gasteiger partial charge in [0.1, 0.15) is 5.69 Å². The normalized spacial score (nSPS) is 14.3. The number of hydrogen-bond donors (Lipinski definition) is 0. The van der Waals surface area contributed by atoms with Gasteiger partial charge >= 0.3 is 6.18 Å². The second kappa shape index (κ2) is 7.75. The van der Waals surface area contributed by atoms with Crippen molar-refractivity contribution in [1.29, 1.82) is 0 Å². The number of sulfonamides is 1. The van der Waals surface area contributed by atoms with Crippen molar-refractivity contribution >= 4 is 21.6 Å². The number of fused-ring (bicyclic) bond motifs is 1. The van der Waals surface area contributed by atoms with Crippen LogP contribution in [0, 0.1) is 0 Å². The third kappa shape index (κ3) is 3.99. The second-order valence-corrected chi connectivity index (χ2v) is 8.45. The summed E-state index contributed by atoms with van der Waals surface area (Å²) >= 11 is 0. The van der Waals surface area contributed by atoms with Gasteiger partial charge in [0.15, 0.2) is 0 Å². The van der Waals surface area contributed by atoms with E-state index in [2.05, 4.69) is 4.98 Å². The van der Waals surface area contributed by atoms with Crippen molar-refractivity contribution in [3.63, 3.8) is 0 Å². The fourth-order valence-corrected chi connectivity index (χ4v) is 4.82. The molecule has 0 N–H and O–H groups in total. The van der Waals surface area contributed by atoms with Gasteiger partial charge in [-0.15, -0.1) is 0 Å². The first-order chi connectivity index (χ1) is 13.6. The Bertz CT molecular complexity index is 1020. The zero-order valence-corrected chi connectivity index (χ0v) is 16.7. The van der Waals surface area contributed by atoms with Gasteiger partial charge in [0.25, 0.3) is 5.91 Å². The number of alkyl halides is 3. The number of anilines is 1. The molecule has 1 aromatic heterocycles. The lowest BCUT2D eigenvalue weighted by molar-refractivity contribution is -0.141. The minimum absolute atomic E-state index is 0.0330. The molecule has 3 rings (SSSR count). The molecule has 0 bridgehead atoms. The fourth-order valence-electron chi connectivity index (χ4n) is 3.31. The first-order valence-corrected chi connectivity index (χ1v) is 10.5. The average molecular weight is 427 g/mol. The maximum absolute atomic E-state index is 12.7. The van der Waals surface area contributed by atoms with Gasteiger partial charge in [-0.1, -0.05) is 13.8 Å². The number of halogens is 3. The molecule has 0 atom stereocenters. The summed E-state index contributed by atoms with van der Waals surface area (Å²) in [5.41, 5.74) is 0.215. The van der Waals surface area contributed by atoms with E-state index in [0.29, 0.717) is 37.3 Å². The molecular formula is C19H20F3N3O3S. The monoisotopic (exact) mass is 427 g/mol. The molecule has 0 aliphatic carbocycles. The fraction of sp³-hybridized carbons (Fsp3) is 0.368. The SMILES string of the molecule is CCN(CC)S(=O)(=O)c1ccc2c(c1)CCN2C(=O)c1ccc(C(F)(F)F)nc1. The van der Waals surface area contributed by atoms with Crippen LogP contribution in [0.25, 0.3) is 0 Å². The van der Waals surface area contributed by atoms with Crippen molar-refractivity contribution in [2.75, 3.05) is 24.5 Å². The lowest BCUT2D eigenvalue weighted by Gasteiger charge is -2.20. The predicted octanol–water partition coefficient (Wildman–Crippen LogP) is 3.33. The Hall–Kier alpha value is -2.46. The van der Waals surface area contributed by atoms with Crippen LogP contribution < -0.4 is 4.90 Å². The lowest BCUT2D eigenvalue weighted by atomic mass is 10.1. The van der Waals surface area contributed by atoms with Crippen LogP contribution in [0.15, 0.2) is 41.4 Å². The number of carbonyl (C=O) groups is 1. The molecule has 1 aromatic carbocycles. The van der Waals surface area contributed by atoms with Gasteiger partial charge in [-0.3, -0.25) is 9.78 Å². The molecule has 0 unspecified atom stereocenters. The van der Waals surface area contributed by atoms with Crippen molar-refractivity contribution in [2.45, 2.75) is 31.3 Å². The van der Waals surface area contributed by atoms with Gasteiger partial charge in [-0.2, -0.15) is 17.5 Å². The zero-order chi connectivity index (χ0) is 21.4. The number of benzene rings is 1. The summed E-state index contributed by atoms with van der Waals surface area (Å²) in [5, 5.41) is 0. The lowest BCUT2D eigenvalue weighted by Crippen LogP contribution is -2.31. The van der Waals surface area contributed by atoms with Gasteiger partial charge in [0.2, 0.25) is 10.0 Å². The molecule has 10 heteroatoms. The number of aromatic nitrogens is 1. The van der Waals surface area contributed by atoms with Gasteiger partial charge in [0.05, 0.1) is 10.5 Å². The Kier molecular flexibility index (Phi) is 5.68. The average Bonchev–Trinajstić information content (AvgIpc) is 3.11. The highest BCUT2D eigenvalue weighted by molar-refractivity contribution is 7.89. The quantitative estimate of drug-likeness (QED) is 0.734. The van der Waals surface area contributed by atoms with Crippen molar-refractivity contribution < 1.29 is 26.4 Å². The maximum atomic E-state index is 12.7. The van der Waals surface area contributed by atoms with Crippen molar-refractivity contribution in [2.24, 2.45) is 0 Å². The van der Waals surface area contributed by atoms with Gasteiger partial charge in [-0.25, -0.2) is 8.42 Å². The molecule has 1 amide bonds. The number of amides is 1. The molecule has 1 aliphatic heterocycles. The molecule has 29 heavy (non-hydrogen) atoms. The Balaban J connectivity index is 1.87. The number of pyridine rings is 1. The van der Waals surface area contributed by atoms with Gasteiger partial charge < -0.3 is 4.90 Å². The van der Waals surface area contributed by atoms with E-state index < -0.39 is 27.8 Å². The van der Waals surface area contributed by atoms with Crippen LogP contribution in [0.5, 0.6) is 0 Å². The smallest absolute Gasteiger partial charge is 0.308 e. The highest BCUT2D eigenvalue weighted by Crippen LogP contribution is 2.33. The Morgan fingerprint density at radius 1 is 1.17 bits per heavy atom. The standard InChI is InChI=1S/C19H20F3N3O3S/c1-3-24(4-2)29(27,28)15-6-7-16-13(11-15)9-10-25(16)18(26)14-5-8-17(23-12-14)19(20,21)22/h5-8,11-12H,3-4,9-10H2,1-2H3. The molecule has 0 saturated carbocycles. The van der Waals surface area contributed by atoms with E-state index in [4.69, 9.17) is 0 Å². The third-order valence-corrected chi connectivity index (χ3v) is 6.88. The van der Waals surface area contributed by atoms with E-state index >= 15 is 0 Å². The summed E-state index contributed by atoms with van der Waals surface area (Å²) in [6.07, 6.45) is -3.21. The van der Waals surface area contributed by atoms with Crippen LogP contribution in [-0.2, 0) is 22.6 Å². The minimum Gasteiger partial charge on any atom is -0.308 e. The molecule has 1 aliphatic rings. The molecule has 0 fully saturated rings. The second-order valence-electron chi connectivity index (χ2n) is 6.52. The summed E-state index contributed by atoms with van der Waals surface area (Å²) in [5.74, 6) is -0.482. The molecule has 2 heterocycles. The van der Waals surface area contributed by atoms with Crippen LogP contribution in [0.3, 0.4) is 0 Å². The Morgan fingerprint density at radius 2 is 1.86 bits per heavy atom. The number of rotatable bonds is 5. The number of nitrogens with zero attached hydrogens (tertiary/aromatic N) is 3. The minimum atomic E-state index is -4.57. The predicted molar refractivity (Wildman–Crippen MR) is 101 cm³/mol. The zero-order valence-electron chi connectivity index (χ0n) is 15.9. The summed E-state index contributed by atoms with van der Waals surface area (Å²) in [6, 6.07) is 6.43. The molecule has 0 spiro atoms. The highest BCUT2D eigenvalue weighted by Gasteiger charge is 2.33. The van der Waals surface area contributed by atoms with E-state index in [0.717, 1.165) is 18.3 Å². The number of carbonyl (C=O) groups excluding carboxylic acids is 1. The van der Waals surface area contributed by atoms with E-state index in [1.54, 1.807) is 26.0 Å². The maximum Gasteiger partial charge on any atom is 0.433 e. The largest absolute Gasteiger partial charge is 0.433 e. The topological polar surface area (TPSA) is 70.6 Å². The first kappa shape index (κ1) is 21.3. The van der Waals surface area contributed by atoms with Crippen molar-refractivity contribution in [3.8, 4) is 0 Å². The van der Waals surface area contributed by atoms with E-state index in [1.807, 2.05) is 0 Å². The van der Waals surface area contributed by atoms with Crippen molar-refractivity contribution in [3.05, 3.63) is 53.3 Å². The molecule has 6 nitrogen and oxygen atoms in total. The molecular weight excluding hydrogens is 407 g/mol. The third-order valence-electron chi connectivity index (χ3n) is 4.84. The summed E-state index contributed by atoms with van der Waals surface area (Å²) in [4.78, 5) is 17.6. The summed E-state index contributed by atoms with van der Waals surface area (Å²) in [6.45, 7) is 4.52. The number of hydrogen-bond acceptors (Lipinski definition) is 4. The molecule has 0 saturated heterocycles. The molecule has 0 radical (unpaired) electrons.